The highest BCUT2D eigenvalue weighted by Crippen LogP contribution is 2.07. The Hall–Kier alpha value is -1.97. The van der Waals surface area contributed by atoms with Gasteiger partial charge in [-0.1, -0.05) is 6.07 Å². The molecule has 0 fully saturated rings. The van der Waals surface area contributed by atoms with Crippen LogP contribution >= 0.6 is 0 Å². The summed E-state index contributed by atoms with van der Waals surface area (Å²) in [6.45, 7) is 4.11. The molecule has 17 heavy (non-hydrogen) atoms. The van der Waals surface area contributed by atoms with Crippen molar-refractivity contribution in [1.29, 1.82) is 0 Å². The first kappa shape index (κ1) is 11.5. The lowest BCUT2D eigenvalue weighted by atomic mass is 10.1. The lowest BCUT2D eigenvalue weighted by Crippen LogP contribution is -2.07. The molecule has 88 valence electrons. The summed E-state index contributed by atoms with van der Waals surface area (Å²) >= 11 is 0. The standard InChI is InChI=1S/C13H15N3O/c1-10(2)16-8-6-11(15-16)9-13(17)12-5-3-4-7-14-12/h3-8,10H,9H2,1-2H3. The second-order valence-corrected chi connectivity index (χ2v) is 4.20. The van der Waals surface area contributed by atoms with Crippen LogP contribution in [0.15, 0.2) is 36.7 Å². The second kappa shape index (κ2) is 4.91. The summed E-state index contributed by atoms with van der Waals surface area (Å²) in [7, 11) is 0. The summed E-state index contributed by atoms with van der Waals surface area (Å²) < 4.78 is 1.85. The monoisotopic (exact) mass is 229 g/mol. The van der Waals surface area contributed by atoms with E-state index >= 15 is 0 Å². The Bertz CT molecular complexity index is 502. The van der Waals surface area contributed by atoms with Crippen molar-refractivity contribution in [2.75, 3.05) is 0 Å². The van der Waals surface area contributed by atoms with E-state index in [2.05, 4.69) is 23.9 Å². The van der Waals surface area contributed by atoms with Crippen LogP contribution in [0, 0.1) is 0 Å². The van der Waals surface area contributed by atoms with E-state index in [9.17, 15) is 4.79 Å². The van der Waals surface area contributed by atoms with Gasteiger partial charge in [0.05, 0.1) is 12.1 Å². The molecule has 2 rings (SSSR count). The highest BCUT2D eigenvalue weighted by molar-refractivity contribution is 5.95. The van der Waals surface area contributed by atoms with Crippen molar-refractivity contribution in [2.45, 2.75) is 26.3 Å². The van der Waals surface area contributed by atoms with Crippen molar-refractivity contribution in [3.05, 3.63) is 48.0 Å². The number of hydrogen-bond acceptors (Lipinski definition) is 3. The fraction of sp³-hybridized carbons (Fsp3) is 0.308. The summed E-state index contributed by atoms with van der Waals surface area (Å²) in [6.07, 6.45) is 3.82. The van der Waals surface area contributed by atoms with E-state index in [4.69, 9.17) is 0 Å². The van der Waals surface area contributed by atoms with Crippen LogP contribution in [0.25, 0.3) is 0 Å². The molecule has 0 amide bonds. The van der Waals surface area contributed by atoms with E-state index in [1.165, 1.54) is 0 Å². The Morgan fingerprint density at radius 3 is 2.76 bits per heavy atom. The van der Waals surface area contributed by atoms with Crippen LogP contribution in [0.4, 0.5) is 0 Å². The maximum Gasteiger partial charge on any atom is 0.187 e. The fourth-order valence-corrected chi connectivity index (χ4v) is 1.54. The van der Waals surface area contributed by atoms with Crippen LogP contribution in [0.1, 0.15) is 36.1 Å². The highest BCUT2D eigenvalue weighted by Gasteiger charge is 2.10. The van der Waals surface area contributed by atoms with E-state index in [0.29, 0.717) is 18.2 Å². The van der Waals surface area contributed by atoms with E-state index in [0.717, 1.165) is 5.69 Å². The van der Waals surface area contributed by atoms with Crippen molar-refractivity contribution in [1.82, 2.24) is 14.8 Å². The predicted molar refractivity (Wildman–Crippen MR) is 64.9 cm³/mol. The molecule has 4 nitrogen and oxygen atoms in total. The number of rotatable bonds is 4. The van der Waals surface area contributed by atoms with Gasteiger partial charge in [-0.3, -0.25) is 14.5 Å². The first-order chi connectivity index (χ1) is 8.16. The van der Waals surface area contributed by atoms with Gasteiger partial charge in [0.2, 0.25) is 0 Å². The zero-order valence-electron chi connectivity index (χ0n) is 10.00. The van der Waals surface area contributed by atoms with Gasteiger partial charge in [0.1, 0.15) is 5.69 Å². The van der Waals surface area contributed by atoms with Gasteiger partial charge < -0.3 is 0 Å². The third kappa shape index (κ3) is 2.78. The molecule has 0 aliphatic rings. The van der Waals surface area contributed by atoms with Gasteiger partial charge in [-0.15, -0.1) is 0 Å². The first-order valence-corrected chi connectivity index (χ1v) is 5.65. The van der Waals surface area contributed by atoms with Gasteiger partial charge in [0.15, 0.2) is 5.78 Å². The van der Waals surface area contributed by atoms with Crippen molar-refractivity contribution in [3.63, 3.8) is 0 Å². The first-order valence-electron chi connectivity index (χ1n) is 5.65. The number of nitrogens with zero attached hydrogens (tertiary/aromatic N) is 3. The third-order valence-electron chi connectivity index (χ3n) is 2.48. The molecule has 2 heterocycles. The molecule has 0 aliphatic carbocycles. The van der Waals surface area contributed by atoms with E-state index < -0.39 is 0 Å². The predicted octanol–water partition coefficient (Wildman–Crippen LogP) is 2.28. The Labute approximate surface area is 100 Å². The Morgan fingerprint density at radius 2 is 2.18 bits per heavy atom. The van der Waals surface area contributed by atoms with Gasteiger partial charge in [-0.2, -0.15) is 5.10 Å². The molecule has 0 aliphatic heterocycles. The number of hydrogen-bond donors (Lipinski definition) is 0. The maximum atomic E-state index is 11.9. The molecular formula is C13H15N3O. The molecule has 4 heteroatoms. The Morgan fingerprint density at radius 1 is 1.35 bits per heavy atom. The molecule has 0 N–H and O–H groups in total. The summed E-state index contributed by atoms with van der Waals surface area (Å²) in [5.74, 6) is -0.000365. The summed E-state index contributed by atoms with van der Waals surface area (Å²) in [5, 5.41) is 4.34. The minimum absolute atomic E-state index is 0.000365. The van der Waals surface area contributed by atoms with Crippen LogP contribution < -0.4 is 0 Å². The van der Waals surface area contributed by atoms with Gasteiger partial charge >= 0.3 is 0 Å². The average Bonchev–Trinajstić information content (AvgIpc) is 2.79. The van der Waals surface area contributed by atoms with Crippen molar-refractivity contribution in [2.24, 2.45) is 0 Å². The third-order valence-corrected chi connectivity index (χ3v) is 2.48. The normalized spacial score (nSPS) is 10.8. The zero-order valence-corrected chi connectivity index (χ0v) is 10.00. The number of pyridine rings is 1. The number of carbonyl (C=O) groups excluding carboxylic acids is 1. The number of Topliss-reactive ketones (excluding diaryl/α,β-unsaturated/α-hetero) is 1. The van der Waals surface area contributed by atoms with E-state index in [1.54, 1.807) is 18.3 Å². The second-order valence-electron chi connectivity index (χ2n) is 4.20. The lowest BCUT2D eigenvalue weighted by Gasteiger charge is -2.03. The quantitative estimate of drug-likeness (QED) is 0.756. The lowest BCUT2D eigenvalue weighted by molar-refractivity contribution is 0.0987. The fourth-order valence-electron chi connectivity index (χ4n) is 1.54. The van der Waals surface area contributed by atoms with Gasteiger partial charge in [-0.05, 0) is 32.0 Å². The molecule has 0 aromatic carbocycles. The largest absolute Gasteiger partial charge is 0.292 e. The minimum atomic E-state index is -0.000365. The molecular weight excluding hydrogens is 214 g/mol. The van der Waals surface area contributed by atoms with E-state index in [-0.39, 0.29) is 5.78 Å². The highest BCUT2D eigenvalue weighted by atomic mass is 16.1. The summed E-state index contributed by atoms with van der Waals surface area (Å²) in [5.41, 5.74) is 1.28. The molecule has 2 aromatic rings. The van der Waals surface area contributed by atoms with Gasteiger partial charge in [0.25, 0.3) is 0 Å². The van der Waals surface area contributed by atoms with Crippen molar-refractivity contribution >= 4 is 5.78 Å². The SMILES string of the molecule is CC(C)n1ccc(CC(=O)c2ccccn2)n1. The molecule has 0 spiro atoms. The van der Waals surface area contributed by atoms with Crippen molar-refractivity contribution in [3.8, 4) is 0 Å². The molecule has 0 unspecified atom stereocenters. The average molecular weight is 229 g/mol. The molecule has 0 saturated heterocycles. The summed E-state index contributed by atoms with van der Waals surface area (Å²) in [4.78, 5) is 15.9. The minimum Gasteiger partial charge on any atom is -0.292 e. The number of carbonyl (C=O) groups is 1. The van der Waals surface area contributed by atoms with Gasteiger partial charge in [-0.25, -0.2) is 0 Å². The molecule has 0 bridgehead atoms. The van der Waals surface area contributed by atoms with Crippen molar-refractivity contribution < 1.29 is 4.79 Å². The Balaban J connectivity index is 2.08. The van der Waals surface area contributed by atoms with Crippen LogP contribution in [-0.2, 0) is 6.42 Å². The number of ketones is 1. The van der Waals surface area contributed by atoms with Gasteiger partial charge in [0, 0.05) is 18.4 Å². The molecule has 2 aromatic heterocycles. The van der Waals surface area contributed by atoms with E-state index in [1.807, 2.05) is 23.0 Å². The molecule has 0 atom stereocenters. The van der Waals surface area contributed by atoms with Crippen LogP contribution in [0.5, 0.6) is 0 Å². The van der Waals surface area contributed by atoms with Crippen LogP contribution in [-0.4, -0.2) is 20.5 Å². The van der Waals surface area contributed by atoms with Crippen LogP contribution in [0.2, 0.25) is 0 Å². The summed E-state index contributed by atoms with van der Waals surface area (Å²) in [6, 6.07) is 7.52. The zero-order chi connectivity index (χ0) is 12.3. The molecule has 0 radical (unpaired) electrons. The maximum absolute atomic E-state index is 11.9. The molecule has 0 saturated carbocycles. The number of aromatic nitrogens is 3. The smallest absolute Gasteiger partial charge is 0.187 e. The Kier molecular flexibility index (Phi) is 3.32. The van der Waals surface area contributed by atoms with Crippen LogP contribution in [0.3, 0.4) is 0 Å². The topological polar surface area (TPSA) is 47.8 Å².